The minimum atomic E-state index is -3.32. The molecule has 4 radical (unpaired) electrons. The Morgan fingerprint density at radius 2 is 1.87 bits per heavy atom. The molecule has 31 heavy (non-hydrogen) atoms. The fourth-order valence-corrected chi connectivity index (χ4v) is 4.44. The molecule has 1 amide bonds. The first-order valence-corrected chi connectivity index (χ1v) is 11.8. The Morgan fingerprint density at radius 3 is 2.45 bits per heavy atom. The molecule has 3 N–H and O–H groups in total. The van der Waals surface area contributed by atoms with Crippen molar-refractivity contribution in [2.24, 2.45) is 0 Å². The Bertz CT molecular complexity index is 1060. The molecule has 2 atom stereocenters. The zero-order chi connectivity index (χ0) is 22.9. The second kappa shape index (κ2) is 8.81. The largest absolute Gasteiger partial charge is 0.507 e. The molecule has 1 unspecified atom stereocenters. The highest BCUT2D eigenvalue weighted by atomic mass is 31.2. The number of aliphatic carboxylic acids is 1. The third kappa shape index (κ3) is 5.32. The van der Waals surface area contributed by atoms with Gasteiger partial charge in [-0.25, -0.2) is 4.79 Å². The number of carboxylic acid groups (broad SMARTS) is 1. The third-order valence-corrected chi connectivity index (χ3v) is 5.85. The van der Waals surface area contributed by atoms with Gasteiger partial charge in [-0.3, -0.25) is 9.36 Å². The molecule has 0 spiro atoms. The molecule has 0 aromatic heterocycles. The Morgan fingerprint density at radius 1 is 1.23 bits per heavy atom. The number of likely N-dealkylation sites (tertiary alicyclic amines) is 1. The molecular weight excluding hydrogens is 419 g/mol. The van der Waals surface area contributed by atoms with Crippen molar-refractivity contribution in [2.75, 3.05) is 13.2 Å². The number of amides is 1. The summed E-state index contributed by atoms with van der Waals surface area (Å²) in [6.45, 7) is 1.50. The van der Waals surface area contributed by atoms with Gasteiger partial charge >= 0.3 is 5.97 Å². The van der Waals surface area contributed by atoms with Crippen LogP contribution in [0.4, 0.5) is 0 Å². The lowest BCUT2D eigenvalue weighted by molar-refractivity contribution is -0.141. The lowest BCUT2D eigenvalue weighted by Gasteiger charge is -2.22. The summed E-state index contributed by atoms with van der Waals surface area (Å²) < 4.78 is 17.4. The molecule has 158 valence electrons. The van der Waals surface area contributed by atoms with Crippen LogP contribution in [0.5, 0.6) is 17.2 Å². The Balaban J connectivity index is 1.88. The van der Waals surface area contributed by atoms with Gasteiger partial charge in [-0.1, -0.05) is 23.1 Å². The van der Waals surface area contributed by atoms with Crippen LogP contribution < -0.4 is 15.7 Å². The van der Waals surface area contributed by atoms with E-state index >= 15 is 0 Å². The first-order chi connectivity index (χ1) is 14.5. The van der Waals surface area contributed by atoms with E-state index in [1.54, 1.807) is 0 Å². The van der Waals surface area contributed by atoms with Crippen LogP contribution in [0.15, 0.2) is 30.3 Å². The van der Waals surface area contributed by atoms with Crippen LogP contribution >= 0.6 is 7.37 Å². The lowest BCUT2D eigenvalue weighted by atomic mass is 9.84. The zero-order valence-corrected chi connectivity index (χ0v) is 17.7. The number of nitrogens with zero attached hydrogens (tertiary/aromatic N) is 1. The van der Waals surface area contributed by atoms with E-state index < -0.39 is 25.3 Å². The van der Waals surface area contributed by atoms with E-state index in [1.165, 1.54) is 41.9 Å². The van der Waals surface area contributed by atoms with Gasteiger partial charge in [-0.05, 0) is 36.6 Å². The number of benzene rings is 2. The van der Waals surface area contributed by atoms with Crippen molar-refractivity contribution >= 4 is 45.9 Å². The summed E-state index contributed by atoms with van der Waals surface area (Å²) in [7, 11) is 8.68. The van der Waals surface area contributed by atoms with Crippen molar-refractivity contribution in [1.82, 2.24) is 4.90 Å². The maximum Gasteiger partial charge on any atom is 0.326 e. The number of hydrogen-bond donors (Lipinski definition) is 3. The molecule has 2 aromatic rings. The molecule has 0 saturated carbocycles. The second-order valence-electron chi connectivity index (χ2n) is 7.59. The highest BCUT2D eigenvalue weighted by molar-refractivity contribution is 7.56. The summed E-state index contributed by atoms with van der Waals surface area (Å²) in [6, 6.07) is 5.96. The van der Waals surface area contributed by atoms with Crippen LogP contribution in [0.25, 0.3) is 0 Å². The maximum absolute atomic E-state index is 12.8. The predicted molar refractivity (Wildman–Crippen MR) is 117 cm³/mol. The third-order valence-electron chi connectivity index (χ3n) is 4.90. The van der Waals surface area contributed by atoms with Gasteiger partial charge in [0.2, 0.25) is 7.37 Å². The minimum absolute atomic E-state index is 0.0971. The molecule has 0 bridgehead atoms. The first kappa shape index (κ1) is 23.0. The predicted octanol–water partition coefficient (Wildman–Crippen LogP) is 0.861. The molecule has 0 aliphatic carbocycles. The number of rotatable bonds is 6. The van der Waals surface area contributed by atoms with Crippen molar-refractivity contribution < 1.29 is 34.0 Å². The summed E-state index contributed by atoms with van der Waals surface area (Å²) in [5.74, 6) is -1.78. The van der Waals surface area contributed by atoms with Crippen LogP contribution in [0.1, 0.15) is 28.8 Å². The minimum Gasteiger partial charge on any atom is -0.507 e. The average molecular weight is 439 g/mol. The van der Waals surface area contributed by atoms with Gasteiger partial charge in [-0.2, -0.15) is 0 Å². The summed E-state index contributed by atoms with van der Waals surface area (Å²) in [5.41, 5.74) is 0.641. The monoisotopic (exact) mass is 439 g/mol. The van der Waals surface area contributed by atoms with Crippen LogP contribution in [0, 0.1) is 0 Å². The van der Waals surface area contributed by atoms with Crippen LogP contribution in [-0.4, -0.2) is 66.8 Å². The van der Waals surface area contributed by atoms with E-state index in [4.69, 9.17) is 20.4 Å². The number of carbonyl (C=O) groups is 2. The molecule has 1 saturated heterocycles. The van der Waals surface area contributed by atoms with Crippen molar-refractivity contribution in [3.8, 4) is 17.2 Å². The molecule has 2 aromatic carbocycles. The summed E-state index contributed by atoms with van der Waals surface area (Å²) in [4.78, 5) is 35.0. The van der Waals surface area contributed by atoms with Gasteiger partial charge in [-0.15, -0.1) is 0 Å². The zero-order valence-electron chi connectivity index (χ0n) is 16.8. The van der Waals surface area contributed by atoms with E-state index in [2.05, 4.69) is 0 Å². The van der Waals surface area contributed by atoms with E-state index in [1.807, 2.05) is 0 Å². The van der Waals surface area contributed by atoms with Gasteiger partial charge in [0, 0.05) is 19.4 Å². The van der Waals surface area contributed by atoms with Crippen molar-refractivity contribution in [2.45, 2.75) is 25.0 Å². The van der Waals surface area contributed by atoms with Crippen molar-refractivity contribution in [1.29, 1.82) is 0 Å². The molecule has 1 heterocycles. The number of phenols is 1. The van der Waals surface area contributed by atoms with E-state index in [-0.39, 0.29) is 46.4 Å². The van der Waals surface area contributed by atoms with E-state index in [9.17, 15) is 29.3 Å². The van der Waals surface area contributed by atoms with Gasteiger partial charge in [0.25, 0.3) is 5.91 Å². The number of ether oxygens (including phenoxy) is 1. The smallest absolute Gasteiger partial charge is 0.326 e. The van der Waals surface area contributed by atoms with Gasteiger partial charge in [0.1, 0.15) is 39.0 Å². The van der Waals surface area contributed by atoms with Crippen LogP contribution in [-0.2, 0) is 15.5 Å². The van der Waals surface area contributed by atoms with E-state index in [0.29, 0.717) is 18.4 Å². The summed E-state index contributed by atoms with van der Waals surface area (Å²) in [5, 5.41) is 19.5. The van der Waals surface area contributed by atoms with E-state index in [0.717, 1.165) is 0 Å². The van der Waals surface area contributed by atoms with Crippen LogP contribution in [0.3, 0.4) is 0 Å². The molecule has 3 rings (SSSR count). The van der Waals surface area contributed by atoms with Crippen molar-refractivity contribution in [3.63, 3.8) is 0 Å². The normalized spacial score (nSPS) is 17.9. The Kier molecular flexibility index (Phi) is 6.53. The topological polar surface area (TPSA) is 124 Å². The second-order valence-corrected chi connectivity index (χ2v) is 10.0. The molecule has 1 aliphatic rings. The van der Waals surface area contributed by atoms with Gasteiger partial charge < -0.3 is 24.7 Å². The molecule has 11 heteroatoms. The fourth-order valence-electron chi connectivity index (χ4n) is 3.58. The number of carbonyl (C=O) groups excluding carboxylic acids is 1. The van der Waals surface area contributed by atoms with Gasteiger partial charge in [0.15, 0.2) is 0 Å². The SMILES string of the molecule is [B]c1cc(CP(C)(=O)O)cc([B])c1Oc1ccc(O)c(C(=O)N2CCC[C@H]2C(=O)O)c1. The number of phenolic OH excluding ortho intramolecular Hbond substituents is 1. The first-order valence-electron chi connectivity index (χ1n) is 9.48. The Hall–Kier alpha value is -2.70. The van der Waals surface area contributed by atoms with Crippen molar-refractivity contribution in [3.05, 3.63) is 41.5 Å². The Labute approximate surface area is 182 Å². The summed E-state index contributed by atoms with van der Waals surface area (Å²) in [6.07, 6.45) is 0.799. The quantitative estimate of drug-likeness (QED) is 0.451. The molecule has 8 nitrogen and oxygen atoms in total. The average Bonchev–Trinajstić information content (AvgIpc) is 3.14. The summed E-state index contributed by atoms with van der Waals surface area (Å²) >= 11 is 0. The number of carboxylic acids is 1. The fraction of sp³-hybridized carbons (Fsp3) is 0.300. The lowest BCUT2D eigenvalue weighted by Crippen LogP contribution is -2.40. The number of aromatic hydroxyl groups is 1. The molecular formula is C20H20B2NO7P. The molecule has 1 aliphatic heterocycles. The van der Waals surface area contributed by atoms with Gasteiger partial charge in [0.05, 0.1) is 5.56 Å². The molecule has 1 fully saturated rings. The highest BCUT2D eigenvalue weighted by Crippen LogP contribution is 2.39. The highest BCUT2D eigenvalue weighted by Gasteiger charge is 2.35. The maximum atomic E-state index is 12.8. The number of hydrogen-bond acceptors (Lipinski definition) is 5. The van der Waals surface area contributed by atoms with Crippen LogP contribution in [0.2, 0.25) is 0 Å². The standard InChI is InChI=1S/C20H20B2NO7P/c1-31(28,29)10-11-7-14(21)18(15(22)8-11)30-12-4-5-17(24)13(9-12)19(25)23-6-2-3-16(23)20(26)27/h4-5,7-9,16,24H,2-3,6,10H2,1H3,(H,26,27)(H,28,29)/t16-/m0/s1.